The van der Waals surface area contributed by atoms with E-state index in [2.05, 4.69) is 20.9 Å². The van der Waals surface area contributed by atoms with Gasteiger partial charge in [0.2, 0.25) is 11.9 Å². The van der Waals surface area contributed by atoms with Crippen molar-refractivity contribution in [2.24, 2.45) is 0 Å². The third kappa shape index (κ3) is 7.02. The second-order valence-electron chi connectivity index (χ2n) is 11.2. The first-order chi connectivity index (χ1) is 20.1. The minimum absolute atomic E-state index is 0.000855. The van der Waals surface area contributed by atoms with E-state index >= 15 is 0 Å². The lowest BCUT2D eigenvalue weighted by Crippen LogP contribution is -2.51. The minimum Gasteiger partial charge on any atom is -0.368 e. The summed E-state index contributed by atoms with van der Waals surface area (Å²) in [5, 5.41) is 0.975. The lowest BCUT2D eigenvalue weighted by Gasteiger charge is -2.36. The van der Waals surface area contributed by atoms with Gasteiger partial charge in [0.25, 0.3) is 5.91 Å². The Bertz CT molecular complexity index is 1480. The quantitative estimate of drug-likeness (QED) is 0.347. The molecule has 0 saturated carbocycles. The number of benzene rings is 2. The van der Waals surface area contributed by atoms with Crippen LogP contribution in [0.3, 0.4) is 0 Å². The molecule has 0 unspecified atom stereocenters. The number of carbonyl (C=O) groups is 2. The average Bonchev–Trinajstić information content (AvgIpc) is 2.95. The van der Waals surface area contributed by atoms with Crippen molar-refractivity contribution in [3.63, 3.8) is 0 Å². The fourth-order valence-electron chi connectivity index (χ4n) is 5.75. The van der Waals surface area contributed by atoms with Gasteiger partial charge in [-0.05, 0) is 75.2 Å². The number of hydrogen-bond donors (Lipinski definition) is 1. The van der Waals surface area contributed by atoms with E-state index in [4.69, 9.17) is 28.9 Å². The lowest BCUT2D eigenvalue weighted by atomic mass is 9.94. The first-order valence-corrected chi connectivity index (χ1v) is 15.9. The molecular weight excluding hydrogens is 591 g/mol. The number of thioether (sulfide) groups is 1. The predicted molar refractivity (Wildman–Crippen MR) is 171 cm³/mol. The summed E-state index contributed by atoms with van der Waals surface area (Å²) in [4.78, 5) is 42.3. The number of aromatic nitrogens is 2. The molecule has 5 rings (SSSR count). The van der Waals surface area contributed by atoms with Gasteiger partial charge in [-0.1, -0.05) is 46.5 Å². The Morgan fingerprint density at radius 1 is 1.10 bits per heavy atom. The third-order valence-electron chi connectivity index (χ3n) is 7.81. The number of hydrogen-bond acceptors (Lipinski definition) is 7. The normalized spacial score (nSPS) is 16.3. The molecule has 3 heterocycles. The predicted octanol–water partition coefficient (Wildman–Crippen LogP) is 5.62. The van der Waals surface area contributed by atoms with E-state index in [1.165, 1.54) is 0 Å². The highest BCUT2D eigenvalue weighted by molar-refractivity contribution is 7.99. The van der Waals surface area contributed by atoms with E-state index in [0.717, 1.165) is 52.3 Å². The molecule has 2 aliphatic heterocycles. The van der Waals surface area contributed by atoms with Crippen LogP contribution < -0.4 is 10.6 Å². The number of amides is 2. The van der Waals surface area contributed by atoms with Gasteiger partial charge in [0.15, 0.2) is 5.82 Å². The van der Waals surface area contributed by atoms with Crippen LogP contribution in [0.5, 0.6) is 0 Å². The minimum atomic E-state index is -0.0269. The van der Waals surface area contributed by atoms with Gasteiger partial charge in [0.05, 0.1) is 27.2 Å². The van der Waals surface area contributed by atoms with Gasteiger partial charge in [-0.2, -0.15) is 4.98 Å². The molecule has 42 heavy (non-hydrogen) atoms. The smallest absolute Gasteiger partial charge is 0.253 e. The van der Waals surface area contributed by atoms with Crippen LogP contribution in [0.4, 0.5) is 11.8 Å². The second kappa shape index (κ2) is 13.2. The van der Waals surface area contributed by atoms with Crippen molar-refractivity contribution in [3.8, 4) is 0 Å². The summed E-state index contributed by atoms with van der Waals surface area (Å²) in [6, 6.07) is 11.6. The van der Waals surface area contributed by atoms with Crippen LogP contribution in [0.25, 0.3) is 0 Å². The summed E-state index contributed by atoms with van der Waals surface area (Å²) in [5.41, 5.74) is 10.7. The molecule has 222 valence electrons. The summed E-state index contributed by atoms with van der Waals surface area (Å²) in [6.07, 6.45) is 2.63. The molecule has 1 fully saturated rings. The maximum Gasteiger partial charge on any atom is 0.253 e. The highest BCUT2D eigenvalue weighted by Gasteiger charge is 2.31. The zero-order valence-corrected chi connectivity index (χ0v) is 26.5. The number of halogens is 2. The summed E-state index contributed by atoms with van der Waals surface area (Å²) in [6.45, 7) is 6.71. The maximum atomic E-state index is 13.4. The third-order valence-corrected chi connectivity index (χ3v) is 9.75. The zero-order chi connectivity index (χ0) is 30.0. The van der Waals surface area contributed by atoms with Crippen LogP contribution >= 0.6 is 35.0 Å². The Morgan fingerprint density at radius 2 is 1.86 bits per heavy atom. The molecule has 2 N–H and O–H groups in total. The SMILES string of the molecule is Cc1cc(C)cc(C(=O)N(C)C[C@@H](CCN2CCN(c3nc(N)nc4c3SCCC4)C(=O)C2)c2ccc(Cl)c(Cl)c2)c1. The van der Waals surface area contributed by atoms with E-state index < -0.39 is 0 Å². The van der Waals surface area contributed by atoms with E-state index in [0.29, 0.717) is 47.6 Å². The first-order valence-electron chi connectivity index (χ1n) is 14.2. The van der Waals surface area contributed by atoms with Crippen LogP contribution in [0, 0.1) is 13.8 Å². The molecule has 2 aliphatic rings. The van der Waals surface area contributed by atoms with Gasteiger partial charge >= 0.3 is 0 Å². The van der Waals surface area contributed by atoms with Crippen molar-refractivity contribution in [1.82, 2.24) is 19.8 Å². The van der Waals surface area contributed by atoms with Gasteiger partial charge in [-0.15, -0.1) is 11.8 Å². The molecule has 0 aliphatic carbocycles. The van der Waals surface area contributed by atoms with Crippen molar-refractivity contribution in [2.75, 3.05) is 56.2 Å². The molecule has 1 saturated heterocycles. The number of rotatable bonds is 8. The number of nitrogens with two attached hydrogens (primary N) is 1. The van der Waals surface area contributed by atoms with Crippen LogP contribution in [-0.2, 0) is 11.2 Å². The Hall–Kier alpha value is -2.85. The van der Waals surface area contributed by atoms with Gasteiger partial charge in [-0.25, -0.2) is 4.98 Å². The lowest BCUT2D eigenvalue weighted by molar-refractivity contribution is -0.121. The molecule has 0 radical (unpaired) electrons. The van der Waals surface area contributed by atoms with Crippen molar-refractivity contribution in [3.05, 3.63) is 74.4 Å². The number of aryl methyl sites for hydroxylation is 3. The molecule has 0 bridgehead atoms. The van der Waals surface area contributed by atoms with Gasteiger partial charge in [-0.3, -0.25) is 19.4 Å². The highest BCUT2D eigenvalue weighted by atomic mass is 35.5. The number of nitrogen functional groups attached to an aromatic ring is 1. The van der Waals surface area contributed by atoms with Crippen LogP contribution in [0.15, 0.2) is 41.3 Å². The van der Waals surface area contributed by atoms with Crippen LogP contribution in [0.2, 0.25) is 10.0 Å². The fourth-order valence-corrected chi connectivity index (χ4v) is 7.15. The molecule has 3 aromatic rings. The van der Waals surface area contributed by atoms with Crippen molar-refractivity contribution >= 4 is 58.5 Å². The molecule has 2 aromatic carbocycles. The molecule has 2 amide bonds. The molecule has 11 heteroatoms. The highest BCUT2D eigenvalue weighted by Crippen LogP contribution is 2.37. The largest absolute Gasteiger partial charge is 0.368 e. The van der Waals surface area contributed by atoms with E-state index in [1.54, 1.807) is 27.6 Å². The van der Waals surface area contributed by atoms with Crippen molar-refractivity contribution in [1.29, 1.82) is 0 Å². The monoisotopic (exact) mass is 626 g/mol. The van der Waals surface area contributed by atoms with Gasteiger partial charge in [0.1, 0.15) is 0 Å². The number of anilines is 2. The number of fused-ring (bicyclic) bond motifs is 1. The average molecular weight is 628 g/mol. The Kier molecular flexibility index (Phi) is 9.62. The topological polar surface area (TPSA) is 95.7 Å². The van der Waals surface area contributed by atoms with Crippen molar-refractivity contribution in [2.45, 2.75) is 43.9 Å². The standard InChI is InChI=1S/C31H36Cl2N6O2S/c1-19-13-20(2)15-23(14-19)30(41)37(3)17-22(21-6-7-24(32)25(33)16-21)8-9-38-10-11-39(27(40)18-38)29-28-26(5-4-12-42-28)35-31(34)36-29/h6-7,13-16,22H,4-5,8-12,17-18H2,1-3H3,(H2,34,35,36)/t22-/m1/s1. The van der Waals surface area contributed by atoms with Gasteiger partial charge in [0, 0.05) is 38.2 Å². The molecule has 8 nitrogen and oxygen atoms in total. The molecule has 0 spiro atoms. The second-order valence-corrected chi connectivity index (χ2v) is 13.1. The summed E-state index contributed by atoms with van der Waals surface area (Å²) >= 11 is 14.3. The fraction of sp³-hybridized carbons (Fsp3) is 0.419. The summed E-state index contributed by atoms with van der Waals surface area (Å²) < 4.78 is 0. The summed E-state index contributed by atoms with van der Waals surface area (Å²) in [5.74, 6) is 1.81. The summed E-state index contributed by atoms with van der Waals surface area (Å²) in [7, 11) is 1.83. The molecular formula is C31H36Cl2N6O2S. The van der Waals surface area contributed by atoms with E-state index in [1.807, 2.05) is 45.2 Å². The van der Waals surface area contributed by atoms with E-state index in [-0.39, 0.29) is 30.2 Å². The number of piperazine rings is 1. The Morgan fingerprint density at radius 3 is 2.57 bits per heavy atom. The van der Waals surface area contributed by atoms with Crippen molar-refractivity contribution < 1.29 is 9.59 Å². The first kappa shape index (κ1) is 30.6. The zero-order valence-electron chi connectivity index (χ0n) is 24.2. The number of likely N-dealkylation sites (N-methyl/N-ethyl adjacent to an activating group) is 1. The van der Waals surface area contributed by atoms with E-state index in [9.17, 15) is 9.59 Å². The Balaban J connectivity index is 1.28. The number of carbonyl (C=O) groups excluding carboxylic acids is 2. The van der Waals surface area contributed by atoms with Gasteiger partial charge < -0.3 is 10.6 Å². The maximum absolute atomic E-state index is 13.4. The Labute approximate surface area is 261 Å². The van der Waals surface area contributed by atoms with Crippen LogP contribution in [-0.4, -0.2) is 77.1 Å². The molecule has 1 atom stereocenters. The molecule has 1 aromatic heterocycles. The number of nitrogens with zero attached hydrogens (tertiary/aromatic N) is 5. The van der Waals surface area contributed by atoms with Crippen LogP contribution in [0.1, 0.15) is 51.5 Å².